The van der Waals surface area contributed by atoms with Gasteiger partial charge in [0, 0.05) is 17.7 Å². The first kappa shape index (κ1) is 14.2. The highest BCUT2D eigenvalue weighted by atomic mass is 16.5. The number of nitrogens with one attached hydrogen (secondary N) is 1. The molecule has 114 valence electrons. The second-order valence-electron chi connectivity index (χ2n) is 6.15. The Morgan fingerprint density at radius 3 is 2.24 bits per heavy atom. The molecule has 2 fully saturated rings. The molecule has 21 heavy (non-hydrogen) atoms. The lowest BCUT2D eigenvalue weighted by Crippen LogP contribution is -2.16. The van der Waals surface area contributed by atoms with Gasteiger partial charge in [-0.25, -0.2) is 0 Å². The number of anilines is 1. The van der Waals surface area contributed by atoms with Crippen molar-refractivity contribution in [3.63, 3.8) is 0 Å². The molecule has 0 radical (unpaired) electrons. The van der Waals surface area contributed by atoms with Gasteiger partial charge in [-0.05, 0) is 43.2 Å². The van der Waals surface area contributed by atoms with E-state index < -0.39 is 0 Å². The van der Waals surface area contributed by atoms with Crippen LogP contribution < -0.4 is 14.8 Å². The maximum absolute atomic E-state index is 12.5. The van der Waals surface area contributed by atoms with Crippen molar-refractivity contribution in [1.29, 1.82) is 0 Å². The Balaban J connectivity index is 1.74. The summed E-state index contributed by atoms with van der Waals surface area (Å²) in [6, 6.07) is 3.74. The summed E-state index contributed by atoms with van der Waals surface area (Å²) < 4.78 is 10.6. The van der Waals surface area contributed by atoms with E-state index in [0.717, 1.165) is 11.3 Å². The molecule has 0 spiro atoms. The van der Waals surface area contributed by atoms with Crippen LogP contribution >= 0.6 is 0 Å². The van der Waals surface area contributed by atoms with Crippen molar-refractivity contribution in [1.82, 2.24) is 0 Å². The van der Waals surface area contributed by atoms with E-state index in [1.54, 1.807) is 14.2 Å². The van der Waals surface area contributed by atoms with Crippen molar-refractivity contribution in [2.24, 2.45) is 17.8 Å². The number of rotatable bonds is 4. The summed E-state index contributed by atoms with van der Waals surface area (Å²) in [7, 11) is 3.22. The zero-order chi connectivity index (χ0) is 15.0. The Morgan fingerprint density at radius 2 is 1.67 bits per heavy atom. The van der Waals surface area contributed by atoms with E-state index in [1.807, 2.05) is 19.1 Å². The molecular weight excluding hydrogens is 266 g/mol. The summed E-state index contributed by atoms with van der Waals surface area (Å²) in [6.07, 6.45) is 4.99. The molecule has 1 unspecified atom stereocenters. The minimum Gasteiger partial charge on any atom is -0.493 e. The Bertz CT molecular complexity index is 543. The predicted molar refractivity (Wildman–Crippen MR) is 81.9 cm³/mol. The molecule has 2 aliphatic rings. The number of hydrogen-bond acceptors (Lipinski definition) is 3. The molecule has 3 rings (SSSR count). The third-order valence-electron chi connectivity index (χ3n) is 4.95. The molecule has 2 saturated carbocycles. The first-order valence-electron chi connectivity index (χ1n) is 7.69. The molecule has 4 heteroatoms. The van der Waals surface area contributed by atoms with Gasteiger partial charge >= 0.3 is 0 Å². The first-order valence-corrected chi connectivity index (χ1v) is 7.69. The minimum atomic E-state index is 0.169. The Morgan fingerprint density at radius 1 is 1.10 bits per heavy atom. The van der Waals surface area contributed by atoms with Crippen LogP contribution in [0, 0.1) is 24.7 Å². The predicted octanol–water partition coefficient (Wildman–Crippen LogP) is 3.39. The zero-order valence-corrected chi connectivity index (χ0v) is 12.9. The fourth-order valence-electron chi connectivity index (χ4n) is 3.71. The van der Waals surface area contributed by atoms with Gasteiger partial charge in [-0.15, -0.1) is 0 Å². The minimum absolute atomic E-state index is 0.169. The third kappa shape index (κ3) is 2.59. The Labute approximate surface area is 125 Å². The maximum Gasteiger partial charge on any atom is 0.228 e. The molecule has 0 heterocycles. The molecule has 1 aromatic carbocycles. The molecule has 3 atom stereocenters. The fourth-order valence-corrected chi connectivity index (χ4v) is 3.71. The highest BCUT2D eigenvalue weighted by molar-refractivity contribution is 5.95. The first-order chi connectivity index (χ1) is 10.2. The van der Waals surface area contributed by atoms with Gasteiger partial charge in [0.1, 0.15) is 0 Å². The topological polar surface area (TPSA) is 47.6 Å². The maximum atomic E-state index is 12.5. The number of aryl methyl sites for hydroxylation is 1. The largest absolute Gasteiger partial charge is 0.493 e. The lowest BCUT2D eigenvalue weighted by molar-refractivity contribution is -0.117. The quantitative estimate of drug-likeness (QED) is 0.924. The van der Waals surface area contributed by atoms with Crippen molar-refractivity contribution >= 4 is 11.6 Å². The normalized spacial score (nSPS) is 26.7. The number of amides is 1. The SMILES string of the molecule is COc1cc(C)c(NC(=O)C2[C@H]3CCCC[C@@H]23)cc1OC. The Kier molecular flexibility index (Phi) is 3.79. The molecular formula is C17H23NO3. The van der Waals surface area contributed by atoms with Gasteiger partial charge in [-0.2, -0.15) is 0 Å². The average Bonchev–Trinajstić information content (AvgIpc) is 3.23. The van der Waals surface area contributed by atoms with Crippen LogP contribution in [-0.4, -0.2) is 20.1 Å². The van der Waals surface area contributed by atoms with Crippen molar-refractivity contribution in [2.75, 3.05) is 19.5 Å². The van der Waals surface area contributed by atoms with Crippen LogP contribution in [0.15, 0.2) is 12.1 Å². The van der Waals surface area contributed by atoms with E-state index in [9.17, 15) is 4.79 Å². The van der Waals surface area contributed by atoms with Crippen molar-refractivity contribution in [2.45, 2.75) is 32.6 Å². The van der Waals surface area contributed by atoms with E-state index in [1.165, 1.54) is 25.7 Å². The van der Waals surface area contributed by atoms with Crippen LogP contribution in [0.5, 0.6) is 11.5 Å². The van der Waals surface area contributed by atoms with Crippen LogP contribution in [0.2, 0.25) is 0 Å². The molecule has 0 saturated heterocycles. The second kappa shape index (κ2) is 5.58. The molecule has 1 aromatic rings. The zero-order valence-electron chi connectivity index (χ0n) is 12.9. The summed E-state index contributed by atoms with van der Waals surface area (Å²) in [5.74, 6) is 2.97. The van der Waals surface area contributed by atoms with E-state index >= 15 is 0 Å². The molecule has 0 aliphatic heterocycles. The number of hydrogen-bond donors (Lipinski definition) is 1. The number of benzene rings is 1. The van der Waals surface area contributed by atoms with Gasteiger partial charge in [-0.1, -0.05) is 12.8 Å². The summed E-state index contributed by atoms with van der Waals surface area (Å²) >= 11 is 0. The Hall–Kier alpha value is -1.71. The number of fused-ring (bicyclic) bond motifs is 1. The van der Waals surface area contributed by atoms with Crippen molar-refractivity contribution in [3.8, 4) is 11.5 Å². The van der Waals surface area contributed by atoms with Crippen LogP contribution in [0.4, 0.5) is 5.69 Å². The smallest absolute Gasteiger partial charge is 0.228 e. The monoisotopic (exact) mass is 289 g/mol. The average molecular weight is 289 g/mol. The van der Waals surface area contributed by atoms with E-state index in [-0.39, 0.29) is 11.8 Å². The number of carbonyl (C=O) groups excluding carboxylic acids is 1. The van der Waals surface area contributed by atoms with Gasteiger partial charge in [0.25, 0.3) is 0 Å². The molecule has 0 aromatic heterocycles. The van der Waals surface area contributed by atoms with Gasteiger partial charge < -0.3 is 14.8 Å². The molecule has 1 amide bonds. The second-order valence-corrected chi connectivity index (χ2v) is 6.15. The van der Waals surface area contributed by atoms with E-state index in [4.69, 9.17) is 9.47 Å². The molecule has 4 nitrogen and oxygen atoms in total. The standard InChI is InChI=1S/C17H23NO3/c1-10-8-14(20-2)15(21-3)9-13(10)18-17(19)16-11-6-4-5-7-12(11)16/h8-9,11-12,16H,4-7H2,1-3H3,(H,18,19)/t11-,12+,16?. The summed E-state index contributed by atoms with van der Waals surface area (Å²) in [4.78, 5) is 12.5. The lowest BCUT2D eigenvalue weighted by Gasteiger charge is -2.13. The van der Waals surface area contributed by atoms with Gasteiger partial charge in [0.15, 0.2) is 11.5 Å². The number of carbonyl (C=O) groups is 1. The molecule has 1 N–H and O–H groups in total. The van der Waals surface area contributed by atoms with Crippen LogP contribution in [0.3, 0.4) is 0 Å². The summed E-state index contributed by atoms with van der Waals surface area (Å²) in [5.41, 5.74) is 1.81. The summed E-state index contributed by atoms with van der Waals surface area (Å²) in [5, 5.41) is 3.08. The van der Waals surface area contributed by atoms with Crippen molar-refractivity contribution < 1.29 is 14.3 Å². The molecule has 0 bridgehead atoms. The van der Waals surface area contributed by atoms with E-state index in [0.29, 0.717) is 23.3 Å². The lowest BCUT2D eigenvalue weighted by atomic mass is 10.0. The van der Waals surface area contributed by atoms with Crippen LogP contribution in [-0.2, 0) is 4.79 Å². The number of methoxy groups -OCH3 is 2. The third-order valence-corrected chi connectivity index (χ3v) is 4.95. The highest BCUT2D eigenvalue weighted by Gasteiger charge is 2.54. The summed E-state index contributed by atoms with van der Waals surface area (Å²) in [6.45, 7) is 1.97. The van der Waals surface area contributed by atoms with Gasteiger partial charge in [0.05, 0.1) is 14.2 Å². The molecule has 2 aliphatic carbocycles. The van der Waals surface area contributed by atoms with Crippen LogP contribution in [0.25, 0.3) is 0 Å². The van der Waals surface area contributed by atoms with Crippen LogP contribution in [0.1, 0.15) is 31.2 Å². The van der Waals surface area contributed by atoms with Gasteiger partial charge in [0.2, 0.25) is 5.91 Å². The van der Waals surface area contributed by atoms with Gasteiger partial charge in [-0.3, -0.25) is 4.79 Å². The number of ether oxygens (including phenoxy) is 2. The fraction of sp³-hybridized carbons (Fsp3) is 0.588. The highest BCUT2D eigenvalue weighted by Crippen LogP contribution is 2.55. The van der Waals surface area contributed by atoms with E-state index in [2.05, 4.69) is 5.32 Å². The van der Waals surface area contributed by atoms with Crippen molar-refractivity contribution in [3.05, 3.63) is 17.7 Å².